The SMILES string of the molecule is O=S(=O)(Nc1ccc(Oc2ccc(-n3ccnc3)nn2)cc1)c1cc(F)ccc1F. The van der Waals surface area contributed by atoms with Crippen molar-refractivity contribution in [1.29, 1.82) is 0 Å². The van der Waals surface area contributed by atoms with Gasteiger partial charge in [-0.3, -0.25) is 9.29 Å². The van der Waals surface area contributed by atoms with Crippen LogP contribution >= 0.6 is 0 Å². The minimum Gasteiger partial charge on any atom is -0.438 e. The van der Waals surface area contributed by atoms with Crippen molar-refractivity contribution in [2.75, 3.05) is 4.72 Å². The molecule has 152 valence electrons. The molecule has 0 fully saturated rings. The van der Waals surface area contributed by atoms with Gasteiger partial charge in [-0.05, 0) is 48.5 Å². The Morgan fingerprint density at radius 3 is 2.43 bits per heavy atom. The van der Waals surface area contributed by atoms with Gasteiger partial charge < -0.3 is 4.74 Å². The molecule has 0 amide bonds. The van der Waals surface area contributed by atoms with Crippen LogP contribution in [0.4, 0.5) is 14.5 Å². The fourth-order valence-electron chi connectivity index (χ4n) is 2.50. The molecule has 0 saturated heterocycles. The van der Waals surface area contributed by atoms with Crippen LogP contribution in [0, 0.1) is 11.6 Å². The van der Waals surface area contributed by atoms with E-state index in [0.717, 1.165) is 12.1 Å². The van der Waals surface area contributed by atoms with Crippen LogP contribution in [-0.4, -0.2) is 28.2 Å². The molecular formula is C19H13F2N5O3S. The number of hydrogen-bond acceptors (Lipinski definition) is 6. The lowest BCUT2D eigenvalue weighted by atomic mass is 10.3. The third-order valence-corrected chi connectivity index (χ3v) is 5.30. The third kappa shape index (κ3) is 4.25. The number of imidazole rings is 1. The second-order valence-corrected chi connectivity index (χ2v) is 7.66. The van der Waals surface area contributed by atoms with E-state index in [1.165, 1.54) is 24.3 Å². The molecule has 0 bridgehead atoms. The fraction of sp³-hybridized carbons (Fsp3) is 0. The van der Waals surface area contributed by atoms with Crippen LogP contribution in [0.25, 0.3) is 5.82 Å². The molecule has 1 N–H and O–H groups in total. The zero-order chi connectivity index (χ0) is 21.1. The number of benzene rings is 2. The monoisotopic (exact) mass is 429 g/mol. The van der Waals surface area contributed by atoms with Gasteiger partial charge in [-0.15, -0.1) is 10.2 Å². The van der Waals surface area contributed by atoms with Gasteiger partial charge in [0.05, 0.1) is 0 Å². The molecule has 0 aliphatic rings. The highest BCUT2D eigenvalue weighted by Gasteiger charge is 2.20. The molecule has 2 heterocycles. The Balaban J connectivity index is 1.46. The Hall–Kier alpha value is -3.86. The van der Waals surface area contributed by atoms with E-state index in [1.807, 2.05) is 0 Å². The lowest BCUT2D eigenvalue weighted by molar-refractivity contribution is 0.454. The number of anilines is 1. The lowest BCUT2D eigenvalue weighted by Crippen LogP contribution is -2.14. The van der Waals surface area contributed by atoms with Crippen molar-refractivity contribution in [3.8, 4) is 17.4 Å². The molecule has 4 aromatic rings. The van der Waals surface area contributed by atoms with E-state index < -0.39 is 26.6 Å². The van der Waals surface area contributed by atoms with Gasteiger partial charge in [0.2, 0.25) is 5.88 Å². The summed E-state index contributed by atoms with van der Waals surface area (Å²) in [6.07, 6.45) is 4.92. The molecule has 0 radical (unpaired) electrons. The minimum absolute atomic E-state index is 0.146. The Morgan fingerprint density at radius 2 is 1.77 bits per heavy atom. The van der Waals surface area contributed by atoms with Crippen molar-refractivity contribution in [3.63, 3.8) is 0 Å². The van der Waals surface area contributed by atoms with E-state index in [1.54, 1.807) is 35.4 Å². The van der Waals surface area contributed by atoms with E-state index >= 15 is 0 Å². The summed E-state index contributed by atoms with van der Waals surface area (Å²) in [6.45, 7) is 0. The second kappa shape index (κ2) is 7.87. The summed E-state index contributed by atoms with van der Waals surface area (Å²) in [4.78, 5) is 3.15. The number of halogens is 2. The van der Waals surface area contributed by atoms with Crippen LogP contribution in [0.5, 0.6) is 11.6 Å². The number of ether oxygens (including phenoxy) is 1. The molecule has 8 nitrogen and oxygen atoms in total. The molecule has 4 rings (SSSR count). The van der Waals surface area contributed by atoms with Crippen LogP contribution in [0.3, 0.4) is 0 Å². The largest absolute Gasteiger partial charge is 0.438 e. The summed E-state index contributed by atoms with van der Waals surface area (Å²) in [5.41, 5.74) is 0.146. The Labute approximate surface area is 169 Å². The Kier molecular flexibility index (Phi) is 5.11. The average Bonchev–Trinajstić information content (AvgIpc) is 3.26. The van der Waals surface area contributed by atoms with Gasteiger partial charge in [0.25, 0.3) is 10.0 Å². The van der Waals surface area contributed by atoms with Crippen LogP contribution in [-0.2, 0) is 10.0 Å². The van der Waals surface area contributed by atoms with Crippen molar-refractivity contribution < 1.29 is 21.9 Å². The zero-order valence-corrected chi connectivity index (χ0v) is 15.9. The maximum absolute atomic E-state index is 13.8. The van der Waals surface area contributed by atoms with Crippen LogP contribution in [0.1, 0.15) is 0 Å². The maximum atomic E-state index is 13.8. The quantitative estimate of drug-likeness (QED) is 0.503. The summed E-state index contributed by atoms with van der Waals surface area (Å²) in [5.74, 6) is -0.745. The molecule has 11 heteroatoms. The molecule has 0 spiro atoms. The van der Waals surface area contributed by atoms with E-state index in [2.05, 4.69) is 19.9 Å². The van der Waals surface area contributed by atoms with Crippen LogP contribution in [0.15, 0.2) is 78.2 Å². The first kappa shape index (κ1) is 19.5. The van der Waals surface area contributed by atoms with Crippen LogP contribution < -0.4 is 9.46 Å². The van der Waals surface area contributed by atoms with Crippen molar-refractivity contribution in [2.45, 2.75) is 4.90 Å². The van der Waals surface area contributed by atoms with Gasteiger partial charge in [0.1, 0.15) is 28.6 Å². The molecule has 0 unspecified atom stereocenters. The topological polar surface area (TPSA) is 99.0 Å². The highest BCUT2D eigenvalue weighted by Crippen LogP contribution is 2.24. The lowest BCUT2D eigenvalue weighted by Gasteiger charge is -2.10. The first-order chi connectivity index (χ1) is 14.4. The molecule has 2 aromatic carbocycles. The number of nitrogens with zero attached hydrogens (tertiary/aromatic N) is 4. The smallest absolute Gasteiger partial charge is 0.264 e. The zero-order valence-electron chi connectivity index (χ0n) is 15.1. The highest BCUT2D eigenvalue weighted by molar-refractivity contribution is 7.92. The van der Waals surface area contributed by atoms with Gasteiger partial charge in [-0.1, -0.05) is 0 Å². The second-order valence-electron chi connectivity index (χ2n) is 6.01. The number of sulfonamides is 1. The van der Waals surface area contributed by atoms with E-state index in [0.29, 0.717) is 17.6 Å². The number of nitrogens with one attached hydrogen (secondary N) is 1. The third-order valence-electron chi connectivity index (χ3n) is 3.91. The van der Waals surface area contributed by atoms with Gasteiger partial charge in [-0.2, -0.15) is 0 Å². The minimum atomic E-state index is -4.30. The number of aromatic nitrogens is 4. The van der Waals surface area contributed by atoms with Crippen molar-refractivity contribution in [3.05, 3.63) is 85.0 Å². The summed E-state index contributed by atoms with van der Waals surface area (Å²) in [7, 11) is -4.30. The molecule has 2 aromatic heterocycles. The Bertz CT molecular complexity index is 1260. The van der Waals surface area contributed by atoms with Crippen molar-refractivity contribution in [2.24, 2.45) is 0 Å². The molecule has 30 heavy (non-hydrogen) atoms. The predicted octanol–water partition coefficient (Wildman–Crippen LogP) is 3.53. The molecular weight excluding hydrogens is 416 g/mol. The number of rotatable bonds is 6. The molecule has 0 aliphatic heterocycles. The average molecular weight is 429 g/mol. The molecule has 0 saturated carbocycles. The standard InChI is InChI=1S/C19H13F2N5O3S/c20-13-1-6-16(21)17(11-13)30(27,28)25-14-2-4-15(5-3-14)29-19-8-7-18(23-24-19)26-10-9-22-12-26/h1-12,25H. The van der Waals surface area contributed by atoms with E-state index in [9.17, 15) is 17.2 Å². The van der Waals surface area contributed by atoms with Gasteiger partial charge in [-0.25, -0.2) is 22.2 Å². The number of hydrogen-bond donors (Lipinski definition) is 1. The van der Waals surface area contributed by atoms with Gasteiger partial charge >= 0.3 is 0 Å². The normalized spacial score (nSPS) is 11.3. The first-order valence-electron chi connectivity index (χ1n) is 8.48. The van der Waals surface area contributed by atoms with E-state index in [-0.39, 0.29) is 11.6 Å². The summed E-state index contributed by atoms with van der Waals surface area (Å²) >= 11 is 0. The van der Waals surface area contributed by atoms with E-state index in [4.69, 9.17) is 4.74 Å². The predicted molar refractivity (Wildman–Crippen MR) is 103 cm³/mol. The maximum Gasteiger partial charge on any atom is 0.264 e. The summed E-state index contributed by atoms with van der Waals surface area (Å²) in [5, 5.41) is 7.98. The Morgan fingerprint density at radius 1 is 0.967 bits per heavy atom. The van der Waals surface area contributed by atoms with Gasteiger partial charge in [0.15, 0.2) is 5.82 Å². The highest BCUT2D eigenvalue weighted by atomic mass is 32.2. The van der Waals surface area contributed by atoms with Crippen molar-refractivity contribution >= 4 is 15.7 Å². The molecule has 0 aliphatic carbocycles. The summed E-state index contributed by atoms with van der Waals surface area (Å²) in [6, 6.07) is 11.3. The van der Waals surface area contributed by atoms with Crippen molar-refractivity contribution in [1.82, 2.24) is 19.7 Å². The first-order valence-corrected chi connectivity index (χ1v) is 9.97. The summed E-state index contributed by atoms with van der Waals surface area (Å²) < 4.78 is 61.1. The van der Waals surface area contributed by atoms with Crippen LogP contribution in [0.2, 0.25) is 0 Å². The molecule has 0 atom stereocenters. The van der Waals surface area contributed by atoms with Gasteiger partial charge in [0, 0.05) is 24.1 Å². The fourth-order valence-corrected chi connectivity index (χ4v) is 3.65.